The molecule has 1 aromatic rings. The number of carbonyl (C=O) groups excluding carboxylic acids is 2. The molecule has 1 fully saturated rings. The van der Waals surface area contributed by atoms with Gasteiger partial charge >= 0.3 is 12.0 Å². The number of imide groups is 1. The highest BCUT2D eigenvalue weighted by Crippen LogP contribution is 2.23. The average Bonchev–Trinajstić information content (AvgIpc) is 2.86. The van der Waals surface area contributed by atoms with Crippen molar-refractivity contribution in [3.8, 4) is 0 Å². The van der Waals surface area contributed by atoms with Crippen molar-refractivity contribution in [3.05, 3.63) is 11.1 Å². The molecule has 18 heavy (non-hydrogen) atoms. The molecule has 1 aromatic heterocycles. The number of carbonyl (C=O) groups is 3. The van der Waals surface area contributed by atoms with Crippen molar-refractivity contribution in [1.82, 2.24) is 10.3 Å². The van der Waals surface area contributed by atoms with Crippen LogP contribution in [0.2, 0.25) is 0 Å². The third-order valence-corrected chi connectivity index (χ3v) is 3.27. The molecule has 1 saturated heterocycles. The molecular formula is C10H11N3O4S. The topological polar surface area (TPSA) is 99.6 Å². The van der Waals surface area contributed by atoms with Gasteiger partial charge in [0.2, 0.25) is 5.13 Å². The Balaban J connectivity index is 1.99. The lowest BCUT2D eigenvalue weighted by molar-refractivity contribution is -0.137. The number of urea groups is 1. The number of hydrogen-bond acceptors (Lipinski definition) is 5. The van der Waals surface area contributed by atoms with Gasteiger partial charge in [-0.25, -0.2) is 14.7 Å². The average molecular weight is 269 g/mol. The summed E-state index contributed by atoms with van der Waals surface area (Å²) in [5, 5.41) is 13.0. The molecule has 1 aliphatic heterocycles. The second kappa shape index (κ2) is 5.13. The number of amides is 3. The third-order valence-electron chi connectivity index (χ3n) is 2.40. The van der Waals surface area contributed by atoms with E-state index in [9.17, 15) is 14.4 Å². The van der Waals surface area contributed by atoms with E-state index in [4.69, 9.17) is 5.11 Å². The molecule has 2 rings (SSSR count). The van der Waals surface area contributed by atoms with E-state index in [2.05, 4.69) is 10.3 Å². The molecule has 0 unspecified atom stereocenters. The fraction of sp³-hybridized carbons (Fsp3) is 0.400. The van der Waals surface area contributed by atoms with E-state index in [-0.39, 0.29) is 18.9 Å². The summed E-state index contributed by atoms with van der Waals surface area (Å²) in [5.74, 6) is -1.18. The summed E-state index contributed by atoms with van der Waals surface area (Å²) in [6.07, 6.45) is 1.08. The number of hydrogen-bond donors (Lipinski definition) is 2. The van der Waals surface area contributed by atoms with Gasteiger partial charge < -0.3 is 10.4 Å². The first-order valence-corrected chi connectivity index (χ1v) is 6.23. The first-order valence-electron chi connectivity index (χ1n) is 5.35. The van der Waals surface area contributed by atoms with Crippen LogP contribution in [0.5, 0.6) is 0 Å². The highest BCUT2D eigenvalue weighted by Gasteiger charge is 2.32. The summed E-state index contributed by atoms with van der Waals surface area (Å²) >= 11 is 1.20. The lowest BCUT2D eigenvalue weighted by Crippen LogP contribution is -2.30. The number of aromatic nitrogens is 1. The molecule has 0 aromatic carbocycles. The molecule has 0 radical (unpaired) electrons. The Labute approximate surface area is 106 Å². The monoisotopic (exact) mass is 269 g/mol. The van der Waals surface area contributed by atoms with Gasteiger partial charge in [-0.3, -0.25) is 9.59 Å². The van der Waals surface area contributed by atoms with Crippen LogP contribution in [0.1, 0.15) is 18.5 Å². The van der Waals surface area contributed by atoms with Crippen LogP contribution in [0.15, 0.2) is 5.38 Å². The lowest BCUT2D eigenvalue weighted by Gasteiger charge is -2.06. The van der Waals surface area contributed by atoms with Gasteiger partial charge in [-0.15, -0.1) is 11.3 Å². The maximum atomic E-state index is 11.4. The minimum atomic E-state index is -0.848. The molecule has 1 aliphatic rings. The smallest absolute Gasteiger partial charge is 0.331 e. The van der Waals surface area contributed by atoms with Gasteiger partial charge in [-0.1, -0.05) is 0 Å². The number of aliphatic carboxylic acids is 1. The summed E-state index contributed by atoms with van der Waals surface area (Å²) in [7, 11) is 0. The van der Waals surface area contributed by atoms with Crippen molar-refractivity contribution >= 4 is 34.4 Å². The van der Waals surface area contributed by atoms with Crippen LogP contribution in [0.3, 0.4) is 0 Å². The molecule has 0 saturated carbocycles. The van der Waals surface area contributed by atoms with Crippen molar-refractivity contribution in [2.75, 3.05) is 11.4 Å². The van der Waals surface area contributed by atoms with E-state index in [1.807, 2.05) is 0 Å². The van der Waals surface area contributed by atoms with Crippen molar-refractivity contribution in [3.63, 3.8) is 0 Å². The number of rotatable bonds is 5. The molecule has 0 atom stereocenters. The largest absolute Gasteiger partial charge is 0.481 e. The summed E-state index contributed by atoms with van der Waals surface area (Å²) in [5.41, 5.74) is 0.698. The van der Waals surface area contributed by atoms with Crippen LogP contribution in [-0.2, 0) is 16.0 Å². The molecule has 8 heteroatoms. The normalized spacial score (nSPS) is 15.0. The Morgan fingerprint density at radius 1 is 1.56 bits per heavy atom. The molecule has 96 valence electrons. The molecule has 0 bridgehead atoms. The third kappa shape index (κ3) is 2.65. The Bertz CT molecular complexity index is 483. The number of thiazole rings is 1. The van der Waals surface area contributed by atoms with Gasteiger partial charge in [0.15, 0.2) is 0 Å². The number of carboxylic acids is 1. The highest BCUT2D eigenvalue weighted by molar-refractivity contribution is 7.14. The van der Waals surface area contributed by atoms with Gasteiger partial charge in [0.25, 0.3) is 5.91 Å². The molecule has 7 nitrogen and oxygen atoms in total. The van der Waals surface area contributed by atoms with Crippen LogP contribution >= 0.6 is 11.3 Å². The minimum Gasteiger partial charge on any atom is -0.481 e. The molecule has 0 aliphatic carbocycles. The Morgan fingerprint density at radius 2 is 2.33 bits per heavy atom. The van der Waals surface area contributed by atoms with E-state index >= 15 is 0 Å². The summed E-state index contributed by atoms with van der Waals surface area (Å²) in [6, 6.07) is -0.466. The summed E-state index contributed by atoms with van der Waals surface area (Å²) < 4.78 is 0. The van der Waals surface area contributed by atoms with Crippen LogP contribution in [0.25, 0.3) is 0 Å². The van der Waals surface area contributed by atoms with Crippen molar-refractivity contribution in [2.24, 2.45) is 0 Å². The fourth-order valence-electron chi connectivity index (χ4n) is 1.55. The summed E-state index contributed by atoms with van der Waals surface area (Å²) in [4.78, 5) is 38.3. The fourth-order valence-corrected chi connectivity index (χ4v) is 2.42. The Kier molecular flexibility index (Phi) is 3.56. The van der Waals surface area contributed by atoms with Gasteiger partial charge in [0.1, 0.15) is 0 Å². The molecule has 2 heterocycles. The molecule has 0 spiro atoms. The van der Waals surface area contributed by atoms with Crippen molar-refractivity contribution < 1.29 is 19.5 Å². The number of carboxylic acid groups (broad SMARTS) is 1. The second-order valence-electron chi connectivity index (χ2n) is 3.76. The zero-order valence-corrected chi connectivity index (χ0v) is 10.2. The number of nitrogens with zero attached hydrogens (tertiary/aromatic N) is 2. The lowest BCUT2D eigenvalue weighted by atomic mass is 10.2. The van der Waals surface area contributed by atoms with E-state index in [1.54, 1.807) is 5.38 Å². The van der Waals surface area contributed by atoms with Crippen molar-refractivity contribution in [2.45, 2.75) is 19.3 Å². The Hall–Kier alpha value is -1.96. The number of aryl methyl sites for hydroxylation is 1. The summed E-state index contributed by atoms with van der Waals surface area (Å²) in [6.45, 7) is -0.00718. The first-order chi connectivity index (χ1) is 8.58. The predicted octanol–water partition coefficient (Wildman–Crippen LogP) is 0.607. The van der Waals surface area contributed by atoms with Gasteiger partial charge in [-0.2, -0.15) is 0 Å². The van der Waals surface area contributed by atoms with Crippen LogP contribution < -0.4 is 10.2 Å². The van der Waals surface area contributed by atoms with Crippen LogP contribution in [0.4, 0.5) is 9.93 Å². The minimum absolute atomic E-state index is 0.00718. The van der Waals surface area contributed by atoms with E-state index in [0.717, 1.165) is 4.90 Å². The van der Waals surface area contributed by atoms with Crippen LogP contribution in [-0.4, -0.2) is 34.5 Å². The first kappa shape index (κ1) is 12.5. The van der Waals surface area contributed by atoms with Crippen molar-refractivity contribution in [1.29, 1.82) is 0 Å². The second-order valence-corrected chi connectivity index (χ2v) is 4.59. The molecule has 2 N–H and O–H groups in total. The molecule has 3 amide bonds. The van der Waals surface area contributed by atoms with Gasteiger partial charge in [0, 0.05) is 11.8 Å². The maximum Gasteiger partial charge on any atom is 0.331 e. The maximum absolute atomic E-state index is 11.4. The van der Waals surface area contributed by atoms with E-state index < -0.39 is 12.0 Å². The SMILES string of the molecule is O=C(O)CCCc1csc(N2C(=O)CNC2=O)n1. The standard InChI is InChI=1S/C10H11N3O4S/c14-7-4-11-9(17)13(7)10-12-6(5-18-10)2-1-3-8(15)16/h5H,1-4H2,(H,11,17)(H,15,16). The van der Waals surface area contributed by atoms with Gasteiger partial charge in [-0.05, 0) is 12.8 Å². The number of nitrogens with one attached hydrogen (secondary N) is 1. The zero-order valence-electron chi connectivity index (χ0n) is 9.38. The predicted molar refractivity (Wildman–Crippen MR) is 63.6 cm³/mol. The number of anilines is 1. The zero-order chi connectivity index (χ0) is 13.1. The Morgan fingerprint density at radius 3 is 2.94 bits per heavy atom. The molecular weight excluding hydrogens is 258 g/mol. The van der Waals surface area contributed by atoms with E-state index in [1.165, 1.54) is 11.3 Å². The highest BCUT2D eigenvalue weighted by atomic mass is 32.1. The van der Waals surface area contributed by atoms with Crippen LogP contribution in [0, 0.1) is 0 Å². The quantitative estimate of drug-likeness (QED) is 0.763. The van der Waals surface area contributed by atoms with E-state index in [0.29, 0.717) is 23.7 Å². The van der Waals surface area contributed by atoms with Gasteiger partial charge in [0.05, 0.1) is 12.2 Å².